The number of hydrogen-bond donors (Lipinski definition) is 1. The Morgan fingerprint density at radius 1 is 0.875 bits per heavy atom. The van der Waals surface area contributed by atoms with Crippen LogP contribution in [0, 0.1) is 5.82 Å². The standard InChI is InChI=1S/C24H22FN3O4/c25-17-3-1-14(2-4-17)13-27-9-7-15-11-18-19(12-16(15)8-10-27)24(32)28(23(18)31)20-5-6-21(29)26-22(20)30/h1-4,11-12,20H,5-10,13H2,(H,26,29,30). The molecule has 0 aromatic heterocycles. The Balaban J connectivity index is 1.35. The summed E-state index contributed by atoms with van der Waals surface area (Å²) in [5.41, 5.74) is 3.73. The topological polar surface area (TPSA) is 86.8 Å². The van der Waals surface area contributed by atoms with Crippen LogP contribution in [0.4, 0.5) is 4.39 Å². The summed E-state index contributed by atoms with van der Waals surface area (Å²) in [5.74, 6) is -2.20. The number of fused-ring (bicyclic) bond motifs is 2. The van der Waals surface area contributed by atoms with Gasteiger partial charge in [0.25, 0.3) is 11.8 Å². The molecular formula is C24H22FN3O4. The highest BCUT2D eigenvalue weighted by Gasteiger charge is 2.45. The van der Waals surface area contributed by atoms with Crippen molar-refractivity contribution in [3.05, 3.63) is 70.0 Å². The molecule has 0 saturated carbocycles. The van der Waals surface area contributed by atoms with Gasteiger partial charge >= 0.3 is 0 Å². The van der Waals surface area contributed by atoms with Crippen LogP contribution in [0.15, 0.2) is 36.4 Å². The molecule has 3 heterocycles. The van der Waals surface area contributed by atoms with Gasteiger partial charge < -0.3 is 0 Å². The van der Waals surface area contributed by atoms with Crippen molar-refractivity contribution in [2.45, 2.75) is 38.3 Å². The minimum absolute atomic E-state index is 0.101. The van der Waals surface area contributed by atoms with E-state index in [-0.39, 0.29) is 24.6 Å². The predicted octanol–water partition coefficient (Wildman–Crippen LogP) is 1.83. The van der Waals surface area contributed by atoms with Gasteiger partial charge in [-0.25, -0.2) is 4.39 Å². The first-order chi connectivity index (χ1) is 15.4. The molecule has 3 aliphatic heterocycles. The number of benzene rings is 2. The molecule has 2 aromatic carbocycles. The van der Waals surface area contributed by atoms with Crippen LogP contribution in [-0.2, 0) is 29.0 Å². The molecule has 0 aliphatic carbocycles. The third kappa shape index (κ3) is 3.60. The highest BCUT2D eigenvalue weighted by molar-refractivity contribution is 6.23. The molecule has 164 valence electrons. The largest absolute Gasteiger partial charge is 0.298 e. The number of carbonyl (C=O) groups is 4. The molecule has 0 radical (unpaired) electrons. The summed E-state index contributed by atoms with van der Waals surface area (Å²) >= 11 is 0. The van der Waals surface area contributed by atoms with E-state index in [9.17, 15) is 23.6 Å². The maximum absolute atomic E-state index is 13.2. The van der Waals surface area contributed by atoms with E-state index < -0.39 is 23.8 Å². The van der Waals surface area contributed by atoms with Crippen molar-refractivity contribution in [1.82, 2.24) is 15.1 Å². The van der Waals surface area contributed by atoms with E-state index in [1.54, 1.807) is 24.3 Å². The summed E-state index contributed by atoms with van der Waals surface area (Å²) in [6.07, 6.45) is 1.70. The number of nitrogens with one attached hydrogen (secondary N) is 1. The summed E-state index contributed by atoms with van der Waals surface area (Å²) < 4.78 is 13.2. The van der Waals surface area contributed by atoms with Crippen molar-refractivity contribution in [2.75, 3.05) is 13.1 Å². The zero-order valence-electron chi connectivity index (χ0n) is 17.4. The SMILES string of the molecule is O=C1CCC(N2C(=O)c3cc4c(cc3C2=O)CCN(Cc2ccc(F)cc2)CC4)C(=O)N1. The van der Waals surface area contributed by atoms with E-state index in [0.29, 0.717) is 17.7 Å². The number of halogens is 1. The van der Waals surface area contributed by atoms with E-state index in [4.69, 9.17) is 0 Å². The molecule has 8 heteroatoms. The number of rotatable bonds is 3. The minimum atomic E-state index is -0.953. The van der Waals surface area contributed by atoms with E-state index >= 15 is 0 Å². The molecule has 3 aliphatic rings. The van der Waals surface area contributed by atoms with Crippen LogP contribution >= 0.6 is 0 Å². The quantitative estimate of drug-likeness (QED) is 0.744. The first-order valence-corrected chi connectivity index (χ1v) is 10.7. The molecule has 1 fully saturated rings. The molecule has 1 atom stereocenters. The third-order valence-electron chi connectivity index (χ3n) is 6.47. The van der Waals surface area contributed by atoms with Crippen LogP contribution < -0.4 is 5.32 Å². The monoisotopic (exact) mass is 435 g/mol. The van der Waals surface area contributed by atoms with Gasteiger partial charge in [-0.1, -0.05) is 12.1 Å². The molecule has 7 nitrogen and oxygen atoms in total. The first-order valence-electron chi connectivity index (χ1n) is 10.7. The summed E-state index contributed by atoms with van der Waals surface area (Å²) in [4.78, 5) is 53.0. The van der Waals surface area contributed by atoms with Crippen molar-refractivity contribution in [1.29, 1.82) is 0 Å². The molecule has 1 unspecified atom stereocenters. The van der Waals surface area contributed by atoms with Gasteiger partial charge in [0.05, 0.1) is 11.1 Å². The van der Waals surface area contributed by atoms with Crippen molar-refractivity contribution in [3.63, 3.8) is 0 Å². The van der Waals surface area contributed by atoms with Crippen LogP contribution in [0.25, 0.3) is 0 Å². The van der Waals surface area contributed by atoms with Crippen molar-refractivity contribution < 1.29 is 23.6 Å². The zero-order chi connectivity index (χ0) is 22.4. The van der Waals surface area contributed by atoms with Crippen molar-refractivity contribution >= 4 is 23.6 Å². The van der Waals surface area contributed by atoms with Crippen LogP contribution in [0.3, 0.4) is 0 Å². The first kappa shape index (κ1) is 20.5. The summed E-state index contributed by atoms with van der Waals surface area (Å²) in [7, 11) is 0. The molecule has 5 rings (SSSR count). The average Bonchev–Trinajstić information content (AvgIpc) is 2.90. The second-order valence-electron chi connectivity index (χ2n) is 8.52. The van der Waals surface area contributed by atoms with Gasteiger partial charge in [0, 0.05) is 26.1 Å². The number of imide groups is 2. The third-order valence-corrected chi connectivity index (χ3v) is 6.47. The van der Waals surface area contributed by atoms with E-state index in [0.717, 1.165) is 47.5 Å². The summed E-state index contributed by atoms with van der Waals surface area (Å²) in [6, 6.07) is 9.10. The molecule has 0 bridgehead atoms. The lowest BCUT2D eigenvalue weighted by molar-refractivity contribution is -0.136. The van der Waals surface area contributed by atoms with Crippen LogP contribution in [0.2, 0.25) is 0 Å². The van der Waals surface area contributed by atoms with Gasteiger partial charge in [0.1, 0.15) is 11.9 Å². The Morgan fingerprint density at radius 2 is 1.47 bits per heavy atom. The summed E-state index contributed by atoms with van der Waals surface area (Å²) in [6.45, 7) is 2.26. The summed E-state index contributed by atoms with van der Waals surface area (Å²) in [5, 5.41) is 2.22. The number of hydrogen-bond acceptors (Lipinski definition) is 5. The second kappa shape index (κ2) is 7.94. The highest BCUT2D eigenvalue weighted by Crippen LogP contribution is 2.31. The molecule has 1 saturated heterocycles. The smallest absolute Gasteiger partial charge is 0.262 e. The molecule has 1 N–H and O–H groups in total. The highest BCUT2D eigenvalue weighted by atomic mass is 19.1. The average molecular weight is 435 g/mol. The molecule has 4 amide bonds. The fourth-order valence-corrected chi connectivity index (χ4v) is 4.75. The van der Waals surface area contributed by atoms with Crippen LogP contribution in [-0.4, -0.2) is 52.6 Å². The van der Waals surface area contributed by atoms with Gasteiger partial charge in [-0.05, 0) is 60.2 Å². The van der Waals surface area contributed by atoms with Gasteiger partial charge in [0.15, 0.2) is 0 Å². The fraction of sp³-hybridized carbons (Fsp3) is 0.333. The zero-order valence-corrected chi connectivity index (χ0v) is 17.4. The lowest BCUT2D eigenvalue weighted by atomic mass is 9.96. The molecule has 32 heavy (non-hydrogen) atoms. The lowest BCUT2D eigenvalue weighted by Gasteiger charge is -2.27. The molecular weight excluding hydrogens is 413 g/mol. The number of piperidine rings is 1. The van der Waals surface area contributed by atoms with Crippen LogP contribution in [0.1, 0.15) is 50.2 Å². The van der Waals surface area contributed by atoms with Crippen molar-refractivity contribution in [2.24, 2.45) is 0 Å². The second-order valence-corrected chi connectivity index (χ2v) is 8.52. The maximum Gasteiger partial charge on any atom is 0.262 e. The van der Waals surface area contributed by atoms with Gasteiger partial charge in [-0.2, -0.15) is 0 Å². The Morgan fingerprint density at radius 3 is 2.03 bits per heavy atom. The normalized spacial score (nSPS) is 21.3. The van der Waals surface area contributed by atoms with E-state index in [1.165, 1.54) is 12.1 Å². The van der Waals surface area contributed by atoms with Crippen LogP contribution in [0.5, 0.6) is 0 Å². The Kier molecular flexibility index (Phi) is 5.09. The molecule has 2 aromatic rings. The fourth-order valence-electron chi connectivity index (χ4n) is 4.75. The number of nitrogens with zero attached hydrogens (tertiary/aromatic N) is 2. The molecule has 0 spiro atoms. The Hall–Kier alpha value is -3.39. The number of carbonyl (C=O) groups excluding carboxylic acids is 4. The maximum atomic E-state index is 13.2. The Labute approximate surface area is 184 Å². The lowest BCUT2D eigenvalue weighted by Crippen LogP contribution is -2.54. The van der Waals surface area contributed by atoms with Crippen molar-refractivity contribution in [3.8, 4) is 0 Å². The van der Waals surface area contributed by atoms with Gasteiger partial charge in [-0.15, -0.1) is 0 Å². The number of amides is 4. The van der Waals surface area contributed by atoms with E-state index in [2.05, 4.69) is 10.2 Å². The van der Waals surface area contributed by atoms with Gasteiger partial charge in [0.2, 0.25) is 11.8 Å². The van der Waals surface area contributed by atoms with Gasteiger partial charge in [-0.3, -0.25) is 34.3 Å². The van der Waals surface area contributed by atoms with E-state index in [1.807, 2.05) is 0 Å². The Bertz CT molecular complexity index is 1100. The predicted molar refractivity (Wildman–Crippen MR) is 112 cm³/mol. The minimum Gasteiger partial charge on any atom is -0.298 e.